The van der Waals surface area contributed by atoms with Crippen LogP contribution in [0.1, 0.15) is 26.2 Å². The number of anilines is 3. The maximum absolute atomic E-state index is 14.6. The van der Waals surface area contributed by atoms with Gasteiger partial charge in [-0.3, -0.25) is 15.0 Å². The molecular weight excluding hydrogens is 568 g/mol. The number of carbonyl (C=O) groups excluding carboxylic acids is 2. The van der Waals surface area contributed by atoms with Crippen molar-refractivity contribution in [3.63, 3.8) is 0 Å². The topological polar surface area (TPSA) is 147 Å². The predicted molar refractivity (Wildman–Crippen MR) is 153 cm³/mol. The molecule has 2 aromatic rings. The maximum Gasteiger partial charge on any atom is 0.323 e. The maximum atomic E-state index is 14.6. The van der Waals surface area contributed by atoms with Crippen LogP contribution < -0.4 is 20.3 Å². The molecule has 236 valence electrons. The quantitative estimate of drug-likeness (QED) is 0.403. The van der Waals surface area contributed by atoms with E-state index in [4.69, 9.17) is 14.2 Å². The second kappa shape index (κ2) is 15.0. The molecule has 3 aliphatic rings. The number of urea groups is 1. The minimum atomic E-state index is -3.06. The van der Waals surface area contributed by atoms with Gasteiger partial charge in [0.15, 0.2) is 5.82 Å². The number of nitrogens with zero attached hydrogens (tertiary/aromatic N) is 7. The van der Waals surface area contributed by atoms with Crippen molar-refractivity contribution >= 4 is 30.1 Å². The number of hydrogen-bond donors (Lipinski definition) is 2. The standard InChI is InChI=1S/C18H24F2N8O2.C9H15NO3/c1-4-30-15-10-23-14(9-24-15)26-17(29)27(3)12-11-28(8-6-18(12,19)20)16-22-7-5-13(21-2)25-16;11-7-13-9-6-12-5-8(9)10-3-1-2-4-10/h5,7,9-10,12H,4,6,8,11H2,1-3H3,(H,21,22,25)(H,23,26,29);7-9H,1-6H2. The molecule has 0 radical (unpaired) electrons. The van der Waals surface area contributed by atoms with Gasteiger partial charge in [-0.15, -0.1) is 0 Å². The molecule has 5 rings (SSSR count). The van der Waals surface area contributed by atoms with Crippen molar-refractivity contribution in [2.75, 3.05) is 75.6 Å². The minimum absolute atomic E-state index is 0.0457. The molecule has 43 heavy (non-hydrogen) atoms. The number of hydrogen-bond acceptors (Lipinski definition) is 12. The van der Waals surface area contributed by atoms with Crippen LogP contribution in [0, 0.1) is 0 Å². The van der Waals surface area contributed by atoms with Crippen molar-refractivity contribution in [1.82, 2.24) is 29.7 Å². The van der Waals surface area contributed by atoms with Crippen LogP contribution in [0.3, 0.4) is 0 Å². The first-order valence-corrected chi connectivity index (χ1v) is 14.3. The summed E-state index contributed by atoms with van der Waals surface area (Å²) < 4.78 is 44.8. The second-order valence-corrected chi connectivity index (χ2v) is 10.3. The lowest BCUT2D eigenvalue weighted by atomic mass is 10.00. The Bertz CT molecular complexity index is 1190. The number of likely N-dealkylation sites (N-methyl/N-ethyl adjacent to an activating group) is 1. The van der Waals surface area contributed by atoms with Gasteiger partial charge in [0, 0.05) is 39.8 Å². The Kier molecular flexibility index (Phi) is 11.2. The number of halogens is 2. The van der Waals surface area contributed by atoms with E-state index in [1.54, 1.807) is 31.1 Å². The largest absolute Gasteiger partial charge is 0.477 e. The van der Waals surface area contributed by atoms with E-state index in [0.29, 0.717) is 50.0 Å². The van der Waals surface area contributed by atoms with Crippen LogP contribution in [-0.2, 0) is 14.3 Å². The van der Waals surface area contributed by atoms with Crippen LogP contribution in [-0.4, -0.2) is 126 Å². The van der Waals surface area contributed by atoms with Gasteiger partial charge in [0.05, 0.1) is 38.3 Å². The molecule has 16 heteroatoms. The first-order valence-electron chi connectivity index (χ1n) is 14.3. The van der Waals surface area contributed by atoms with E-state index in [2.05, 4.69) is 35.5 Å². The first kappa shape index (κ1) is 32.0. The van der Waals surface area contributed by atoms with Crippen molar-refractivity contribution in [2.45, 2.75) is 50.3 Å². The summed E-state index contributed by atoms with van der Waals surface area (Å²) in [6.45, 7) is 6.23. The van der Waals surface area contributed by atoms with Crippen molar-refractivity contribution in [3.05, 3.63) is 24.7 Å². The van der Waals surface area contributed by atoms with E-state index >= 15 is 0 Å². The van der Waals surface area contributed by atoms with Crippen LogP contribution in [0.2, 0.25) is 0 Å². The predicted octanol–water partition coefficient (Wildman–Crippen LogP) is 2.11. The number of likely N-dealkylation sites (tertiary alicyclic amines) is 1. The monoisotopic (exact) mass is 607 g/mol. The molecule has 14 nitrogen and oxygen atoms in total. The molecule has 3 atom stereocenters. The van der Waals surface area contributed by atoms with Crippen LogP contribution in [0.4, 0.5) is 31.2 Å². The molecule has 0 aromatic carbocycles. The molecule has 0 saturated carbocycles. The smallest absolute Gasteiger partial charge is 0.323 e. The van der Waals surface area contributed by atoms with Gasteiger partial charge in [-0.2, -0.15) is 4.98 Å². The van der Waals surface area contributed by atoms with Crippen molar-refractivity contribution in [3.8, 4) is 5.88 Å². The molecule has 3 aliphatic heterocycles. The molecule has 3 fully saturated rings. The Morgan fingerprint density at radius 2 is 1.98 bits per heavy atom. The van der Waals surface area contributed by atoms with Crippen LogP contribution in [0.15, 0.2) is 24.7 Å². The highest BCUT2D eigenvalue weighted by atomic mass is 19.3. The highest BCUT2D eigenvalue weighted by molar-refractivity contribution is 5.88. The van der Waals surface area contributed by atoms with Crippen LogP contribution in [0.5, 0.6) is 5.88 Å². The molecule has 2 amide bonds. The lowest BCUT2D eigenvalue weighted by molar-refractivity contribution is -0.135. The molecule has 5 heterocycles. The highest BCUT2D eigenvalue weighted by Gasteiger charge is 2.48. The van der Waals surface area contributed by atoms with E-state index in [-0.39, 0.29) is 25.0 Å². The number of nitrogens with one attached hydrogen (secondary N) is 2. The van der Waals surface area contributed by atoms with E-state index in [1.165, 1.54) is 32.3 Å². The van der Waals surface area contributed by atoms with Gasteiger partial charge in [0.25, 0.3) is 12.4 Å². The summed E-state index contributed by atoms with van der Waals surface area (Å²) in [5.41, 5.74) is 0. The number of carbonyl (C=O) groups is 2. The number of amides is 2. The number of piperidine rings is 1. The average Bonchev–Trinajstić information content (AvgIpc) is 3.71. The van der Waals surface area contributed by atoms with Gasteiger partial charge in [-0.25, -0.2) is 28.5 Å². The highest BCUT2D eigenvalue weighted by Crippen LogP contribution is 2.33. The number of rotatable bonds is 9. The third kappa shape index (κ3) is 8.34. The summed E-state index contributed by atoms with van der Waals surface area (Å²) in [6.07, 6.45) is 6.24. The Hall–Kier alpha value is -3.92. The van der Waals surface area contributed by atoms with E-state index in [1.807, 2.05) is 0 Å². The molecule has 2 N–H and O–H groups in total. The number of aromatic nitrogens is 4. The fraction of sp³-hybridized carbons (Fsp3) is 0.630. The Labute approximate surface area is 249 Å². The SMILES string of the molecule is CCOc1cnc(NC(=O)N(C)C2CN(c3nccc(NC)n3)CCC2(F)F)cn1.O=COC1COCC1N1CCCC1. The fourth-order valence-corrected chi connectivity index (χ4v) is 5.19. The summed E-state index contributed by atoms with van der Waals surface area (Å²) in [5, 5.41) is 5.38. The Balaban J connectivity index is 0.000000269. The van der Waals surface area contributed by atoms with Gasteiger partial charge in [-0.05, 0) is 38.9 Å². The lowest BCUT2D eigenvalue weighted by Crippen LogP contribution is -2.60. The zero-order chi connectivity index (χ0) is 30.8. The third-order valence-electron chi connectivity index (χ3n) is 7.56. The lowest BCUT2D eigenvalue weighted by Gasteiger charge is -2.42. The fourth-order valence-electron chi connectivity index (χ4n) is 5.19. The van der Waals surface area contributed by atoms with Crippen molar-refractivity contribution < 1.29 is 32.6 Å². The van der Waals surface area contributed by atoms with E-state index in [9.17, 15) is 18.4 Å². The van der Waals surface area contributed by atoms with Gasteiger partial charge in [0.1, 0.15) is 18.0 Å². The zero-order valence-electron chi connectivity index (χ0n) is 24.6. The molecule has 0 bridgehead atoms. The third-order valence-corrected chi connectivity index (χ3v) is 7.56. The normalized spacial score (nSPS) is 23.1. The van der Waals surface area contributed by atoms with Gasteiger partial charge < -0.3 is 29.3 Å². The Morgan fingerprint density at radius 3 is 2.65 bits per heavy atom. The van der Waals surface area contributed by atoms with E-state index in [0.717, 1.165) is 18.0 Å². The van der Waals surface area contributed by atoms with Crippen LogP contribution >= 0.6 is 0 Å². The minimum Gasteiger partial charge on any atom is -0.477 e. The summed E-state index contributed by atoms with van der Waals surface area (Å²) in [6, 6.07) is -0.113. The van der Waals surface area contributed by atoms with E-state index < -0.39 is 24.4 Å². The second-order valence-electron chi connectivity index (χ2n) is 10.3. The molecule has 0 aliphatic carbocycles. The zero-order valence-corrected chi connectivity index (χ0v) is 24.6. The van der Waals surface area contributed by atoms with Gasteiger partial charge >= 0.3 is 6.03 Å². The van der Waals surface area contributed by atoms with Gasteiger partial charge in [-0.1, -0.05) is 0 Å². The average molecular weight is 608 g/mol. The molecule has 2 aromatic heterocycles. The first-order chi connectivity index (χ1) is 20.7. The summed E-state index contributed by atoms with van der Waals surface area (Å²) in [7, 11) is 3.03. The summed E-state index contributed by atoms with van der Waals surface area (Å²) in [4.78, 5) is 44.3. The van der Waals surface area contributed by atoms with Crippen molar-refractivity contribution in [2.24, 2.45) is 0 Å². The Morgan fingerprint density at radius 1 is 1.19 bits per heavy atom. The number of alkyl halides is 2. The molecule has 0 spiro atoms. The number of ether oxygens (including phenoxy) is 3. The molecular formula is C27H39F2N9O5. The van der Waals surface area contributed by atoms with Crippen molar-refractivity contribution in [1.29, 1.82) is 0 Å². The summed E-state index contributed by atoms with van der Waals surface area (Å²) >= 11 is 0. The van der Waals surface area contributed by atoms with Gasteiger partial charge in [0.2, 0.25) is 11.8 Å². The van der Waals surface area contributed by atoms with Crippen LogP contribution in [0.25, 0.3) is 0 Å². The molecule has 3 saturated heterocycles. The summed E-state index contributed by atoms with van der Waals surface area (Å²) in [5.74, 6) is -1.71. The molecule has 3 unspecified atom stereocenters.